The van der Waals surface area contributed by atoms with Crippen LogP contribution >= 0.6 is 0 Å². The number of benzene rings is 12. The normalized spacial score (nSPS) is 13.4. The SMILES string of the molecule is CC1(C)c2cc3c(N(C4=C=Cc5ccccc5C=C4)c4ccc5ccccc5c4)c4ccccc4c(N(c4ccc5ccccc5c4)c4ccc5ccccc5c4)c3cc2-c2c1ccc1ccccc21. The largest absolute Gasteiger partial charge is 0.309 e. The van der Waals surface area contributed by atoms with E-state index in [0.717, 1.165) is 50.5 Å². The fourth-order valence-corrected chi connectivity index (χ4v) is 11.7. The molecule has 0 spiro atoms. The molecule has 0 bridgehead atoms. The topological polar surface area (TPSA) is 6.48 Å². The molecule has 70 heavy (non-hydrogen) atoms. The lowest BCUT2D eigenvalue weighted by molar-refractivity contribution is 0.661. The summed E-state index contributed by atoms with van der Waals surface area (Å²) in [6.07, 6.45) is 6.65. The van der Waals surface area contributed by atoms with Gasteiger partial charge in [-0.25, -0.2) is 0 Å². The van der Waals surface area contributed by atoms with Crippen molar-refractivity contribution in [3.05, 3.63) is 264 Å². The van der Waals surface area contributed by atoms with Crippen LogP contribution in [0, 0.1) is 0 Å². The zero-order valence-electron chi connectivity index (χ0n) is 39.0. The molecule has 2 aliphatic carbocycles. The van der Waals surface area contributed by atoms with Gasteiger partial charge in [0.2, 0.25) is 0 Å². The summed E-state index contributed by atoms with van der Waals surface area (Å²) in [6.45, 7) is 4.82. The molecule has 0 saturated heterocycles. The molecule has 0 aliphatic heterocycles. The Bertz CT molecular complexity index is 4200. The molecule has 0 radical (unpaired) electrons. The molecule has 2 heteroatoms. The van der Waals surface area contributed by atoms with Gasteiger partial charge in [0.25, 0.3) is 0 Å². The van der Waals surface area contributed by atoms with E-state index in [2.05, 4.69) is 272 Å². The molecular weight excluding hydrogens is 845 g/mol. The maximum atomic E-state index is 3.86. The van der Waals surface area contributed by atoms with E-state index in [-0.39, 0.29) is 5.41 Å². The van der Waals surface area contributed by atoms with E-state index in [4.69, 9.17) is 0 Å². The van der Waals surface area contributed by atoms with Gasteiger partial charge in [-0.2, -0.15) is 0 Å². The summed E-state index contributed by atoms with van der Waals surface area (Å²) in [4.78, 5) is 5.01. The van der Waals surface area contributed by atoms with E-state index in [1.165, 1.54) is 81.7 Å². The van der Waals surface area contributed by atoms with Crippen LogP contribution in [0.4, 0.5) is 28.4 Å². The van der Waals surface area contributed by atoms with Crippen molar-refractivity contribution < 1.29 is 0 Å². The number of fused-ring (bicyclic) bond motifs is 11. The van der Waals surface area contributed by atoms with Gasteiger partial charge in [0, 0.05) is 44.0 Å². The molecule has 0 unspecified atom stereocenters. The van der Waals surface area contributed by atoms with Gasteiger partial charge in [-0.1, -0.05) is 202 Å². The highest BCUT2D eigenvalue weighted by atomic mass is 15.2. The number of rotatable bonds is 6. The molecule has 0 N–H and O–H groups in total. The van der Waals surface area contributed by atoms with Crippen LogP contribution < -0.4 is 9.80 Å². The van der Waals surface area contributed by atoms with E-state index in [9.17, 15) is 0 Å². The van der Waals surface area contributed by atoms with Crippen LogP contribution in [0.3, 0.4) is 0 Å². The molecule has 12 aromatic rings. The van der Waals surface area contributed by atoms with Gasteiger partial charge in [-0.15, -0.1) is 0 Å². The van der Waals surface area contributed by atoms with E-state index in [0.29, 0.717) is 0 Å². The summed E-state index contributed by atoms with van der Waals surface area (Å²) >= 11 is 0. The van der Waals surface area contributed by atoms with E-state index in [1.54, 1.807) is 0 Å². The van der Waals surface area contributed by atoms with Crippen LogP contribution in [0.2, 0.25) is 0 Å². The number of hydrogen-bond donors (Lipinski definition) is 0. The first kappa shape index (κ1) is 40.2. The van der Waals surface area contributed by atoms with Gasteiger partial charge < -0.3 is 9.80 Å². The zero-order valence-corrected chi connectivity index (χ0v) is 39.0. The predicted molar refractivity (Wildman–Crippen MR) is 299 cm³/mol. The van der Waals surface area contributed by atoms with Crippen molar-refractivity contribution in [2.24, 2.45) is 0 Å². The molecule has 12 aromatic carbocycles. The van der Waals surface area contributed by atoms with E-state index in [1.807, 2.05) is 0 Å². The van der Waals surface area contributed by atoms with Crippen molar-refractivity contribution in [2.45, 2.75) is 19.3 Å². The van der Waals surface area contributed by atoms with Gasteiger partial charge in [0.05, 0.1) is 17.1 Å². The van der Waals surface area contributed by atoms with Gasteiger partial charge in [-0.3, -0.25) is 0 Å². The molecule has 14 rings (SSSR count). The second kappa shape index (κ2) is 15.6. The van der Waals surface area contributed by atoms with Gasteiger partial charge >= 0.3 is 0 Å². The number of anilines is 5. The highest BCUT2D eigenvalue weighted by molar-refractivity contribution is 6.25. The maximum Gasteiger partial charge on any atom is 0.0891 e. The minimum atomic E-state index is -0.279. The second-order valence-corrected chi connectivity index (χ2v) is 19.4. The van der Waals surface area contributed by atoms with Crippen molar-refractivity contribution in [1.82, 2.24) is 0 Å². The Hall–Kier alpha value is -8.94. The standard InChI is InChI=1S/C68H46N2/c1-68(2)63-38-32-49-20-11-12-24-57(49)65(63)62-42-60-61(43-64(62)68)67(69(54-35-29-46-17-5-8-21-50(46)39-54)53-33-27-44-15-3-4-16-45(44)28-34-53)59-26-14-13-25-58(59)66(60)70(55-36-30-47-18-6-9-22-51(47)40-55)56-37-31-48-19-7-10-23-52(48)41-56/h3-33,35-43H,1-2H3. The minimum Gasteiger partial charge on any atom is -0.309 e. The molecule has 2 aliphatic rings. The van der Waals surface area contributed by atoms with Gasteiger partial charge in [0.1, 0.15) is 0 Å². The average molecular weight is 891 g/mol. The smallest absolute Gasteiger partial charge is 0.0891 e. The molecule has 2 nitrogen and oxygen atoms in total. The number of hydrogen-bond acceptors (Lipinski definition) is 2. The first-order chi connectivity index (χ1) is 34.5. The van der Waals surface area contributed by atoms with Crippen molar-refractivity contribution in [3.8, 4) is 11.1 Å². The summed E-state index contributed by atoms with van der Waals surface area (Å²) in [5.41, 5.74) is 17.7. The van der Waals surface area contributed by atoms with Crippen molar-refractivity contribution >= 4 is 105 Å². The van der Waals surface area contributed by atoms with Gasteiger partial charge in [0.15, 0.2) is 0 Å². The Morgan fingerprint density at radius 3 is 1.40 bits per heavy atom. The Morgan fingerprint density at radius 2 is 0.800 bits per heavy atom. The molecule has 0 aromatic heterocycles. The molecule has 328 valence electrons. The molecule has 0 fully saturated rings. The zero-order chi connectivity index (χ0) is 46.5. The van der Waals surface area contributed by atoms with Crippen LogP contribution in [0.15, 0.2) is 242 Å². The van der Waals surface area contributed by atoms with Crippen molar-refractivity contribution in [3.63, 3.8) is 0 Å². The predicted octanol–water partition coefficient (Wildman–Crippen LogP) is 18.7. The van der Waals surface area contributed by atoms with Crippen LogP contribution in [-0.2, 0) is 5.41 Å². The lowest BCUT2D eigenvalue weighted by atomic mass is 9.81. The van der Waals surface area contributed by atoms with E-state index >= 15 is 0 Å². The summed E-state index contributed by atoms with van der Waals surface area (Å²) < 4.78 is 0. The average Bonchev–Trinajstić information content (AvgIpc) is 3.49. The summed E-state index contributed by atoms with van der Waals surface area (Å²) in [7, 11) is 0. The third-order valence-corrected chi connectivity index (χ3v) is 15.1. The molecule has 0 atom stereocenters. The Labute approximate surface area is 407 Å². The highest BCUT2D eigenvalue weighted by Gasteiger charge is 2.38. The van der Waals surface area contributed by atoms with Crippen LogP contribution in [0.5, 0.6) is 0 Å². The summed E-state index contributed by atoms with van der Waals surface area (Å²) in [6, 6.07) is 83.2. The monoisotopic (exact) mass is 890 g/mol. The Morgan fingerprint density at radius 1 is 0.343 bits per heavy atom. The fraction of sp³-hybridized carbons (Fsp3) is 0.0441. The lowest BCUT2D eigenvalue weighted by Gasteiger charge is -2.33. The second-order valence-electron chi connectivity index (χ2n) is 19.4. The third-order valence-electron chi connectivity index (χ3n) is 15.1. The van der Waals surface area contributed by atoms with Crippen LogP contribution in [0.1, 0.15) is 36.1 Å². The highest BCUT2D eigenvalue weighted by Crippen LogP contribution is 2.57. The first-order valence-electron chi connectivity index (χ1n) is 24.3. The Kier molecular flexibility index (Phi) is 8.92. The quantitative estimate of drug-likeness (QED) is 0.0932. The van der Waals surface area contributed by atoms with Crippen molar-refractivity contribution in [1.29, 1.82) is 0 Å². The molecule has 0 heterocycles. The number of nitrogens with zero attached hydrogens (tertiary/aromatic N) is 2. The molecule has 0 saturated carbocycles. The number of allylic oxidation sites excluding steroid dienone is 1. The van der Waals surface area contributed by atoms with Crippen LogP contribution in [0.25, 0.3) is 87.9 Å². The van der Waals surface area contributed by atoms with E-state index < -0.39 is 0 Å². The van der Waals surface area contributed by atoms with Crippen molar-refractivity contribution in [2.75, 3.05) is 9.80 Å². The van der Waals surface area contributed by atoms with Gasteiger partial charge in [-0.05, 0) is 137 Å². The Balaban J connectivity index is 1.16. The molecule has 0 amide bonds. The third kappa shape index (κ3) is 6.21. The first-order valence-corrected chi connectivity index (χ1v) is 24.3. The minimum absolute atomic E-state index is 0.279. The van der Waals surface area contributed by atoms with Crippen LogP contribution in [-0.4, -0.2) is 0 Å². The maximum absolute atomic E-state index is 3.86. The molecular formula is C68H46N2. The fourth-order valence-electron chi connectivity index (χ4n) is 11.7. The lowest BCUT2D eigenvalue weighted by Crippen LogP contribution is -2.18. The summed E-state index contributed by atoms with van der Waals surface area (Å²) in [5, 5.41) is 14.4. The summed E-state index contributed by atoms with van der Waals surface area (Å²) in [5.74, 6) is 0.